The minimum Gasteiger partial charge on any atom is -0.490 e. The topological polar surface area (TPSA) is 38.7 Å². The summed E-state index contributed by atoms with van der Waals surface area (Å²) in [6.45, 7) is 8.86. The summed E-state index contributed by atoms with van der Waals surface area (Å²) in [5.41, 5.74) is -0.230. The van der Waals surface area contributed by atoms with Crippen molar-refractivity contribution in [1.82, 2.24) is 0 Å². The molecule has 1 aromatic carbocycles. The first kappa shape index (κ1) is 15.9. The quantitative estimate of drug-likeness (QED) is 0.873. The Morgan fingerprint density at radius 2 is 1.71 bits per heavy atom. The zero-order valence-electron chi connectivity index (χ0n) is 13.0. The predicted molar refractivity (Wildman–Crippen MR) is 86.5 cm³/mol. The van der Waals surface area contributed by atoms with Crippen molar-refractivity contribution in [3.05, 3.63) is 45.6 Å². The van der Waals surface area contributed by atoms with Crippen LogP contribution in [0, 0.1) is 6.92 Å². The van der Waals surface area contributed by atoms with E-state index in [0.717, 1.165) is 10.4 Å². The number of aryl methyl sites for hydroxylation is 1. The molecule has 1 unspecified atom stereocenters. The van der Waals surface area contributed by atoms with Gasteiger partial charge in [0.2, 0.25) is 0 Å². The molecule has 114 valence electrons. The van der Waals surface area contributed by atoms with Crippen LogP contribution >= 0.6 is 11.3 Å². The average Bonchev–Trinajstić information content (AvgIpc) is 2.88. The largest absolute Gasteiger partial charge is 0.490 e. The van der Waals surface area contributed by atoms with Crippen LogP contribution < -0.4 is 9.47 Å². The van der Waals surface area contributed by atoms with Gasteiger partial charge in [-0.25, -0.2) is 0 Å². The first-order valence-electron chi connectivity index (χ1n) is 7.18. The van der Waals surface area contributed by atoms with E-state index in [2.05, 4.69) is 0 Å². The molecular weight excluding hydrogens is 284 g/mol. The van der Waals surface area contributed by atoms with Gasteiger partial charge in [0.15, 0.2) is 11.5 Å². The second kappa shape index (κ2) is 6.50. The molecule has 1 atom stereocenters. The van der Waals surface area contributed by atoms with Gasteiger partial charge >= 0.3 is 0 Å². The van der Waals surface area contributed by atoms with Crippen LogP contribution in [-0.4, -0.2) is 18.3 Å². The molecule has 0 saturated heterocycles. The van der Waals surface area contributed by atoms with E-state index >= 15 is 0 Å². The minimum atomic E-state index is -1.03. The highest BCUT2D eigenvalue weighted by Gasteiger charge is 2.28. The third-order valence-corrected chi connectivity index (χ3v) is 4.54. The summed E-state index contributed by atoms with van der Waals surface area (Å²) in [5, 5.41) is 10.9. The second-order valence-electron chi connectivity index (χ2n) is 5.01. The van der Waals surface area contributed by atoms with E-state index in [1.807, 2.05) is 58.0 Å². The number of benzene rings is 1. The molecule has 0 aliphatic carbocycles. The molecule has 0 amide bonds. The molecule has 0 aliphatic rings. The molecule has 3 nitrogen and oxygen atoms in total. The highest BCUT2D eigenvalue weighted by Crippen LogP contribution is 2.38. The SMILES string of the molecule is CCOc1ccc(C(C)(O)c2ccc(C)s2)cc1OCC. The fourth-order valence-corrected chi connectivity index (χ4v) is 3.13. The average molecular weight is 306 g/mol. The number of rotatable bonds is 6. The predicted octanol–water partition coefficient (Wildman–Crippen LogP) is 4.11. The number of ether oxygens (including phenoxy) is 2. The summed E-state index contributed by atoms with van der Waals surface area (Å²) in [5.74, 6) is 1.38. The Balaban J connectivity index is 2.41. The van der Waals surface area contributed by atoms with Crippen molar-refractivity contribution in [2.24, 2.45) is 0 Å². The van der Waals surface area contributed by atoms with Crippen LogP contribution in [0.2, 0.25) is 0 Å². The highest BCUT2D eigenvalue weighted by molar-refractivity contribution is 7.12. The molecule has 0 saturated carbocycles. The van der Waals surface area contributed by atoms with E-state index in [-0.39, 0.29) is 0 Å². The Morgan fingerprint density at radius 3 is 2.29 bits per heavy atom. The normalized spacial score (nSPS) is 13.8. The maximum absolute atomic E-state index is 10.9. The van der Waals surface area contributed by atoms with Crippen molar-refractivity contribution in [2.75, 3.05) is 13.2 Å². The molecule has 0 aliphatic heterocycles. The maximum atomic E-state index is 10.9. The lowest BCUT2D eigenvalue weighted by Crippen LogP contribution is -2.21. The van der Waals surface area contributed by atoms with Crippen molar-refractivity contribution in [1.29, 1.82) is 0 Å². The molecule has 21 heavy (non-hydrogen) atoms. The van der Waals surface area contributed by atoms with Gasteiger partial charge in [-0.1, -0.05) is 6.07 Å². The second-order valence-corrected chi connectivity index (χ2v) is 6.30. The highest BCUT2D eigenvalue weighted by atomic mass is 32.1. The van der Waals surface area contributed by atoms with Crippen LogP contribution in [0.1, 0.15) is 36.1 Å². The first-order chi connectivity index (χ1) is 9.98. The van der Waals surface area contributed by atoms with Gasteiger partial charge in [0.05, 0.1) is 13.2 Å². The first-order valence-corrected chi connectivity index (χ1v) is 8.00. The van der Waals surface area contributed by atoms with Crippen molar-refractivity contribution in [2.45, 2.75) is 33.3 Å². The van der Waals surface area contributed by atoms with Crippen molar-refractivity contribution < 1.29 is 14.6 Å². The monoisotopic (exact) mass is 306 g/mol. The number of hydrogen-bond acceptors (Lipinski definition) is 4. The van der Waals surface area contributed by atoms with E-state index in [0.29, 0.717) is 24.7 Å². The van der Waals surface area contributed by atoms with E-state index < -0.39 is 5.60 Å². The molecule has 2 aromatic rings. The lowest BCUT2D eigenvalue weighted by Gasteiger charge is -2.24. The van der Waals surface area contributed by atoms with E-state index in [1.165, 1.54) is 4.88 Å². The molecular formula is C17H22O3S. The van der Waals surface area contributed by atoms with Crippen LogP contribution in [0.15, 0.2) is 30.3 Å². The van der Waals surface area contributed by atoms with Crippen molar-refractivity contribution >= 4 is 11.3 Å². The number of hydrogen-bond donors (Lipinski definition) is 1. The lowest BCUT2D eigenvalue weighted by molar-refractivity contribution is 0.106. The standard InChI is InChI=1S/C17H22O3S/c1-5-19-14-9-8-13(11-15(14)20-6-2)17(4,18)16-10-7-12(3)21-16/h7-11,18H,5-6H2,1-4H3. The zero-order valence-corrected chi connectivity index (χ0v) is 13.8. The fourth-order valence-electron chi connectivity index (χ4n) is 2.19. The summed E-state index contributed by atoms with van der Waals surface area (Å²) >= 11 is 1.60. The molecule has 0 bridgehead atoms. The summed E-state index contributed by atoms with van der Waals surface area (Å²) < 4.78 is 11.2. The third kappa shape index (κ3) is 3.39. The maximum Gasteiger partial charge on any atom is 0.161 e. The van der Waals surface area contributed by atoms with Gasteiger partial charge < -0.3 is 14.6 Å². The van der Waals surface area contributed by atoms with Crippen LogP contribution in [0.4, 0.5) is 0 Å². The summed E-state index contributed by atoms with van der Waals surface area (Å²) in [4.78, 5) is 2.10. The fraction of sp³-hybridized carbons (Fsp3) is 0.412. The van der Waals surface area contributed by atoms with Gasteiger partial charge in [-0.05, 0) is 57.5 Å². The molecule has 2 rings (SSSR count). The van der Waals surface area contributed by atoms with Gasteiger partial charge in [0, 0.05) is 9.75 Å². The summed E-state index contributed by atoms with van der Waals surface area (Å²) in [7, 11) is 0. The van der Waals surface area contributed by atoms with Gasteiger partial charge in [-0.2, -0.15) is 0 Å². The number of thiophene rings is 1. The molecule has 4 heteroatoms. The van der Waals surface area contributed by atoms with Crippen LogP contribution in [0.5, 0.6) is 11.5 Å². The third-order valence-electron chi connectivity index (χ3n) is 3.33. The Morgan fingerprint density at radius 1 is 1.05 bits per heavy atom. The summed E-state index contributed by atoms with van der Waals surface area (Å²) in [6.07, 6.45) is 0. The minimum absolute atomic E-state index is 0.559. The van der Waals surface area contributed by atoms with Gasteiger partial charge in [-0.3, -0.25) is 0 Å². The van der Waals surface area contributed by atoms with Crippen LogP contribution in [0.3, 0.4) is 0 Å². The lowest BCUT2D eigenvalue weighted by atomic mass is 9.94. The van der Waals surface area contributed by atoms with Gasteiger partial charge in [-0.15, -0.1) is 11.3 Å². The van der Waals surface area contributed by atoms with Gasteiger partial charge in [0.1, 0.15) is 5.60 Å². The van der Waals surface area contributed by atoms with E-state index in [4.69, 9.17) is 9.47 Å². The molecule has 0 fully saturated rings. The Bertz CT molecular complexity index is 602. The van der Waals surface area contributed by atoms with Crippen molar-refractivity contribution in [3.63, 3.8) is 0 Å². The Hall–Kier alpha value is -1.52. The van der Waals surface area contributed by atoms with Crippen LogP contribution in [0.25, 0.3) is 0 Å². The molecule has 1 heterocycles. The molecule has 0 spiro atoms. The molecule has 1 N–H and O–H groups in total. The van der Waals surface area contributed by atoms with Crippen LogP contribution in [-0.2, 0) is 5.60 Å². The Kier molecular flexibility index (Phi) is 4.91. The van der Waals surface area contributed by atoms with E-state index in [1.54, 1.807) is 11.3 Å². The van der Waals surface area contributed by atoms with Crippen molar-refractivity contribution in [3.8, 4) is 11.5 Å². The molecule has 1 aromatic heterocycles. The summed E-state index contributed by atoms with van der Waals surface area (Å²) in [6, 6.07) is 9.61. The van der Waals surface area contributed by atoms with Gasteiger partial charge in [0.25, 0.3) is 0 Å². The Labute approximate surface area is 130 Å². The zero-order chi connectivity index (χ0) is 15.5. The van der Waals surface area contributed by atoms with E-state index in [9.17, 15) is 5.11 Å². The molecule has 0 radical (unpaired) electrons. The number of aliphatic hydroxyl groups is 1. The smallest absolute Gasteiger partial charge is 0.161 e.